The Bertz CT molecular complexity index is 463. The average molecular weight is 189 g/mol. The van der Waals surface area contributed by atoms with Crippen LogP contribution in [0, 0.1) is 0 Å². The van der Waals surface area contributed by atoms with E-state index < -0.39 is 0 Å². The molecule has 74 valence electrons. The summed E-state index contributed by atoms with van der Waals surface area (Å²) in [4.78, 5) is 4.18. The quantitative estimate of drug-likeness (QED) is 0.690. The lowest BCUT2D eigenvalue weighted by atomic mass is 9.88. The van der Waals surface area contributed by atoms with Crippen molar-refractivity contribution in [3.8, 4) is 0 Å². The predicted molar refractivity (Wildman–Crippen MR) is 58.3 cm³/mol. The molecule has 0 fully saturated rings. The van der Waals surface area contributed by atoms with Crippen molar-refractivity contribution in [2.45, 2.75) is 26.2 Å². The van der Waals surface area contributed by atoms with Gasteiger partial charge in [0.1, 0.15) is 11.5 Å². The second-order valence-corrected chi connectivity index (χ2v) is 4.60. The van der Waals surface area contributed by atoms with E-state index in [4.69, 9.17) is 5.73 Å². The van der Waals surface area contributed by atoms with Gasteiger partial charge in [-0.25, -0.2) is 4.98 Å². The van der Waals surface area contributed by atoms with E-state index in [1.807, 2.05) is 16.7 Å². The van der Waals surface area contributed by atoms with Gasteiger partial charge >= 0.3 is 0 Å². The van der Waals surface area contributed by atoms with E-state index in [9.17, 15) is 0 Å². The molecule has 2 aromatic rings. The number of hydrogen-bond acceptors (Lipinski definition) is 2. The molecule has 0 bridgehead atoms. The summed E-state index contributed by atoms with van der Waals surface area (Å²) in [5.41, 5.74) is 7.96. The number of nitrogens with two attached hydrogens (primary N) is 1. The van der Waals surface area contributed by atoms with Crippen LogP contribution in [0.2, 0.25) is 0 Å². The second-order valence-electron chi connectivity index (χ2n) is 4.60. The molecule has 0 aliphatic carbocycles. The first kappa shape index (κ1) is 9.06. The number of imidazole rings is 1. The van der Waals surface area contributed by atoms with Crippen molar-refractivity contribution < 1.29 is 0 Å². The van der Waals surface area contributed by atoms with E-state index in [-0.39, 0.29) is 5.41 Å². The van der Waals surface area contributed by atoms with E-state index in [2.05, 4.69) is 38.0 Å². The largest absolute Gasteiger partial charge is 0.382 e. The molecule has 2 aromatic heterocycles. The monoisotopic (exact) mass is 189 g/mol. The number of hydrogen-bond donors (Lipinski definition) is 1. The van der Waals surface area contributed by atoms with Crippen molar-refractivity contribution in [1.29, 1.82) is 0 Å². The number of pyridine rings is 1. The Balaban J connectivity index is 2.62. The fourth-order valence-electron chi connectivity index (χ4n) is 1.46. The minimum Gasteiger partial charge on any atom is -0.382 e. The Kier molecular flexibility index (Phi) is 1.77. The maximum atomic E-state index is 5.62. The van der Waals surface area contributed by atoms with Gasteiger partial charge in [0.05, 0.1) is 6.20 Å². The Morgan fingerprint density at radius 3 is 2.57 bits per heavy atom. The Morgan fingerprint density at radius 1 is 1.21 bits per heavy atom. The highest BCUT2D eigenvalue weighted by atomic mass is 15.0. The van der Waals surface area contributed by atoms with Crippen LogP contribution in [0.5, 0.6) is 0 Å². The molecule has 0 radical (unpaired) electrons. The van der Waals surface area contributed by atoms with Gasteiger partial charge in [-0.1, -0.05) is 26.8 Å². The molecule has 2 rings (SSSR count). The van der Waals surface area contributed by atoms with Crippen molar-refractivity contribution in [3.05, 3.63) is 30.1 Å². The Hall–Kier alpha value is -1.51. The third-order valence-corrected chi connectivity index (χ3v) is 2.34. The SMILES string of the molecule is CC(C)(C)c1ccc2nc(N)cn2c1. The van der Waals surface area contributed by atoms with Gasteiger partial charge in [0.2, 0.25) is 0 Å². The van der Waals surface area contributed by atoms with Crippen LogP contribution in [-0.2, 0) is 5.41 Å². The number of anilines is 1. The summed E-state index contributed by atoms with van der Waals surface area (Å²) in [6.07, 6.45) is 3.92. The molecule has 0 amide bonds. The van der Waals surface area contributed by atoms with Gasteiger partial charge < -0.3 is 10.1 Å². The summed E-state index contributed by atoms with van der Waals surface area (Å²) in [6, 6.07) is 4.10. The van der Waals surface area contributed by atoms with Gasteiger partial charge in [0.15, 0.2) is 0 Å². The van der Waals surface area contributed by atoms with E-state index in [0.717, 1.165) is 5.65 Å². The highest BCUT2D eigenvalue weighted by Gasteiger charge is 2.14. The van der Waals surface area contributed by atoms with Crippen LogP contribution in [0.1, 0.15) is 26.3 Å². The molecule has 3 nitrogen and oxygen atoms in total. The number of nitrogen functional groups attached to an aromatic ring is 1. The lowest BCUT2D eigenvalue weighted by Crippen LogP contribution is -2.11. The molecule has 0 atom stereocenters. The van der Waals surface area contributed by atoms with E-state index in [1.54, 1.807) is 0 Å². The summed E-state index contributed by atoms with van der Waals surface area (Å²) < 4.78 is 1.97. The molecule has 2 N–H and O–H groups in total. The van der Waals surface area contributed by atoms with E-state index in [0.29, 0.717) is 5.82 Å². The van der Waals surface area contributed by atoms with Crippen LogP contribution in [0.3, 0.4) is 0 Å². The van der Waals surface area contributed by atoms with Gasteiger partial charge in [0, 0.05) is 6.20 Å². The topological polar surface area (TPSA) is 43.3 Å². The van der Waals surface area contributed by atoms with Gasteiger partial charge in [-0.05, 0) is 17.0 Å². The minimum atomic E-state index is 0.160. The first-order valence-electron chi connectivity index (χ1n) is 4.71. The van der Waals surface area contributed by atoms with Gasteiger partial charge in [-0.2, -0.15) is 0 Å². The third-order valence-electron chi connectivity index (χ3n) is 2.34. The maximum absolute atomic E-state index is 5.62. The summed E-state index contributed by atoms with van der Waals surface area (Å²) in [6.45, 7) is 6.57. The molecular formula is C11H15N3. The minimum absolute atomic E-state index is 0.160. The Labute approximate surface area is 83.6 Å². The molecule has 0 unspecified atom stereocenters. The highest BCUT2D eigenvalue weighted by Crippen LogP contribution is 2.22. The summed E-state index contributed by atoms with van der Waals surface area (Å²) in [5.74, 6) is 0.566. The molecular weight excluding hydrogens is 174 g/mol. The molecule has 0 saturated carbocycles. The average Bonchev–Trinajstić information content (AvgIpc) is 2.41. The van der Waals surface area contributed by atoms with Gasteiger partial charge in [-0.15, -0.1) is 0 Å². The van der Waals surface area contributed by atoms with Crippen LogP contribution >= 0.6 is 0 Å². The smallest absolute Gasteiger partial charge is 0.142 e. The van der Waals surface area contributed by atoms with Gasteiger partial charge in [0.25, 0.3) is 0 Å². The molecule has 0 spiro atoms. The molecule has 0 aliphatic rings. The van der Waals surface area contributed by atoms with Crippen LogP contribution in [0.25, 0.3) is 5.65 Å². The molecule has 3 heteroatoms. The van der Waals surface area contributed by atoms with Crippen molar-refractivity contribution in [3.63, 3.8) is 0 Å². The molecule has 0 saturated heterocycles. The zero-order valence-electron chi connectivity index (χ0n) is 8.78. The number of fused-ring (bicyclic) bond motifs is 1. The lowest BCUT2D eigenvalue weighted by Gasteiger charge is -2.18. The van der Waals surface area contributed by atoms with Crippen molar-refractivity contribution in [2.24, 2.45) is 0 Å². The number of nitrogens with zero attached hydrogens (tertiary/aromatic N) is 2. The number of rotatable bonds is 0. The number of aromatic nitrogens is 2. The van der Waals surface area contributed by atoms with Crippen LogP contribution in [-0.4, -0.2) is 9.38 Å². The lowest BCUT2D eigenvalue weighted by molar-refractivity contribution is 0.586. The third kappa shape index (κ3) is 1.45. The predicted octanol–water partition coefficient (Wildman–Crippen LogP) is 2.21. The normalized spacial score (nSPS) is 12.2. The van der Waals surface area contributed by atoms with Crippen LogP contribution in [0.15, 0.2) is 24.5 Å². The zero-order valence-corrected chi connectivity index (χ0v) is 8.78. The molecule has 14 heavy (non-hydrogen) atoms. The highest BCUT2D eigenvalue weighted by molar-refractivity contribution is 5.47. The van der Waals surface area contributed by atoms with Gasteiger partial charge in [-0.3, -0.25) is 0 Å². The van der Waals surface area contributed by atoms with E-state index >= 15 is 0 Å². The zero-order chi connectivity index (χ0) is 10.3. The Morgan fingerprint density at radius 2 is 1.93 bits per heavy atom. The molecule has 2 heterocycles. The van der Waals surface area contributed by atoms with Crippen LogP contribution in [0.4, 0.5) is 5.82 Å². The summed E-state index contributed by atoms with van der Waals surface area (Å²) in [7, 11) is 0. The maximum Gasteiger partial charge on any atom is 0.142 e. The summed E-state index contributed by atoms with van der Waals surface area (Å²) >= 11 is 0. The summed E-state index contributed by atoms with van der Waals surface area (Å²) in [5, 5.41) is 0. The van der Waals surface area contributed by atoms with Crippen molar-refractivity contribution >= 4 is 11.5 Å². The van der Waals surface area contributed by atoms with E-state index in [1.165, 1.54) is 5.56 Å². The first-order chi connectivity index (χ1) is 6.47. The van der Waals surface area contributed by atoms with Crippen LogP contribution < -0.4 is 5.73 Å². The fourth-order valence-corrected chi connectivity index (χ4v) is 1.46. The second kappa shape index (κ2) is 2.74. The fraction of sp³-hybridized carbons (Fsp3) is 0.364. The standard InChI is InChI=1S/C11H15N3/c1-11(2,3)8-4-5-10-13-9(12)7-14(10)6-8/h4-7H,12H2,1-3H3. The van der Waals surface area contributed by atoms with Crippen molar-refractivity contribution in [1.82, 2.24) is 9.38 Å². The van der Waals surface area contributed by atoms with Crippen molar-refractivity contribution in [2.75, 3.05) is 5.73 Å². The first-order valence-corrected chi connectivity index (χ1v) is 4.71. The molecule has 0 aromatic carbocycles. The molecule has 0 aliphatic heterocycles.